The predicted molar refractivity (Wildman–Crippen MR) is 93.5 cm³/mol. The first-order chi connectivity index (χ1) is 12.5. The Bertz CT molecular complexity index is 826. The van der Waals surface area contributed by atoms with Gasteiger partial charge in [-0.05, 0) is 36.1 Å². The van der Waals surface area contributed by atoms with Crippen molar-refractivity contribution < 1.29 is 24.0 Å². The van der Waals surface area contributed by atoms with E-state index >= 15 is 0 Å². The Kier molecular flexibility index (Phi) is 5.02. The van der Waals surface area contributed by atoms with Gasteiger partial charge in [-0.2, -0.15) is 0 Å². The molecule has 6 nitrogen and oxygen atoms in total. The van der Waals surface area contributed by atoms with Gasteiger partial charge in [-0.3, -0.25) is 9.59 Å². The molecule has 1 aliphatic rings. The summed E-state index contributed by atoms with van der Waals surface area (Å²) >= 11 is 0. The molecular formula is C20H19NO5. The van der Waals surface area contributed by atoms with E-state index in [0.717, 1.165) is 11.3 Å². The third-order valence-corrected chi connectivity index (χ3v) is 4.23. The Hall–Kier alpha value is -3.15. The molecule has 2 aromatic rings. The van der Waals surface area contributed by atoms with Crippen molar-refractivity contribution in [1.29, 1.82) is 0 Å². The number of ether oxygens (including phenoxy) is 1. The number of hydroxylamine groups is 2. The fourth-order valence-corrected chi connectivity index (χ4v) is 2.99. The standard InChI is InChI=1S/C20H19NO5/c1-13(11-14-7-3-6-10-17(14)25-2)12-18(22)26-21-19(23)15-8-4-5-9-16(15)20(21)24/h3-10,13H,11-12H2,1-2H3. The second-order valence-electron chi connectivity index (χ2n) is 6.24. The highest BCUT2D eigenvalue weighted by molar-refractivity contribution is 6.20. The lowest BCUT2D eigenvalue weighted by atomic mass is 9.97. The van der Waals surface area contributed by atoms with Gasteiger partial charge < -0.3 is 9.57 Å². The number of methoxy groups -OCH3 is 1. The topological polar surface area (TPSA) is 72.9 Å². The molecule has 0 aromatic heterocycles. The molecule has 0 saturated heterocycles. The van der Waals surface area contributed by atoms with Crippen molar-refractivity contribution in [3.8, 4) is 5.75 Å². The molecule has 1 atom stereocenters. The average molecular weight is 353 g/mol. The summed E-state index contributed by atoms with van der Waals surface area (Å²) in [7, 11) is 1.60. The monoisotopic (exact) mass is 353 g/mol. The summed E-state index contributed by atoms with van der Waals surface area (Å²) in [5.41, 5.74) is 1.47. The van der Waals surface area contributed by atoms with Crippen LogP contribution in [-0.4, -0.2) is 30.0 Å². The van der Waals surface area contributed by atoms with E-state index in [-0.39, 0.29) is 23.5 Å². The normalized spacial score (nSPS) is 14.2. The van der Waals surface area contributed by atoms with Crippen LogP contribution in [0.15, 0.2) is 48.5 Å². The molecule has 26 heavy (non-hydrogen) atoms. The van der Waals surface area contributed by atoms with Crippen molar-refractivity contribution >= 4 is 17.8 Å². The Morgan fingerprint density at radius 3 is 2.19 bits per heavy atom. The van der Waals surface area contributed by atoms with Crippen molar-refractivity contribution in [3.05, 3.63) is 65.2 Å². The minimum atomic E-state index is -0.623. The molecule has 0 aliphatic carbocycles. The van der Waals surface area contributed by atoms with Crippen LogP contribution >= 0.6 is 0 Å². The summed E-state index contributed by atoms with van der Waals surface area (Å²) in [6, 6.07) is 14.0. The molecule has 0 saturated carbocycles. The quantitative estimate of drug-likeness (QED) is 0.747. The smallest absolute Gasteiger partial charge is 0.333 e. The zero-order chi connectivity index (χ0) is 18.7. The molecule has 2 aromatic carbocycles. The zero-order valence-corrected chi connectivity index (χ0v) is 14.6. The van der Waals surface area contributed by atoms with Gasteiger partial charge in [0.25, 0.3) is 11.8 Å². The minimum absolute atomic E-state index is 0.0472. The maximum Gasteiger partial charge on any atom is 0.333 e. The number of carbonyl (C=O) groups excluding carboxylic acids is 3. The van der Waals surface area contributed by atoms with E-state index < -0.39 is 17.8 Å². The van der Waals surface area contributed by atoms with E-state index in [0.29, 0.717) is 11.5 Å². The summed E-state index contributed by atoms with van der Waals surface area (Å²) in [6.45, 7) is 1.90. The van der Waals surface area contributed by atoms with Gasteiger partial charge in [0.15, 0.2) is 0 Å². The summed E-state index contributed by atoms with van der Waals surface area (Å²) in [5.74, 6) is -1.14. The van der Waals surface area contributed by atoms with Gasteiger partial charge in [-0.15, -0.1) is 0 Å². The Morgan fingerprint density at radius 1 is 1.00 bits per heavy atom. The lowest BCUT2D eigenvalue weighted by Gasteiger charge is -2.16. The maximum absolute atomic E-state index is 12.2. The van der Waals surface area contributed by atoms with Crippen molar-refractivity contribution in [3.63, 3.8) is 0 Å². The molecule has 0 bridgehead atoms. The number of hydrogen-bond donors (Lipinski definition) is 0. The maximum atomic E-state index is 12.2. The molecule has 0 N–H and O–H groups in total. The molecule has 0 fully saturated rings. The summed E-state index contributed by atoms with van der Waals surface area (Å²) in [6.07, 6.45) is 0.687. The van der Waals surface area contributed by atoms with Crippen molar-refractivity contribution in [2.45, 2.75) is 19.8 Å². The van der Waals surface area contributed by atoms with Gasteiger partial charge in [0.1, 0.15) is 5.75 Å². The van der Waals surface area contributed by atoms with Gasteiger partial charge in [0, 0.05) is 0 Å². The summed E-state index contributed by atoms with van der Waals surface area (Å²) < 4.78 is 5.31. The van der Waals surface area contributed by atoms with Crippen molar-refractivity contribution in [2.24, 2.45) is 5.92 Å². The number of amides is 2. The number of hydrogen-bond acceptors (Lipinski definition) is 5. The lowest BCUT2D eigenvalue weighted by molar-refractivity contribution is -0.169. The molecular weight excluding hydrogens is 334 g/mol. The zero-order valence-electron chi connectivity index (χ0n) is 14.6. The van der Waals surface area contributed by atoms with Crippen LogP contribution in [-0.2, 0) is 16.1 Å². The van der Waals surface area contributed by atoms with Gasteiger partial charge in [0.05, 0.1) is 24.7 Å². The van der Waals surface area contributed by atoms with Crippen LogP contribution in [0.3, 0.4) is 0 Å². The van der Waals surface area contributed by atoms with E-state index in [1.54, 1.807) is 19.2 Å². The van der Waals surface area contributed by atoms with Crippen LogP contribution in [0.2, 0.25) is 0 Å². The van der Waals surface area contributed by atoms with Gasteiger partial charge in [-0.25, -0.2) is 4.79 Å². The van der Waals surface area contributed by atoms with Crippen LogP contribution in [0.1, 0.15) is 39.6 Å². The molecule has 1 aliphatic heterocycles. The number of rotatable bonds is 6. The van der Waals surface area contributed by atoms with Crippen LogP contribution in [0.5, 0.6) is 5.75 Å². The van der Waals surface area contributed by atoms with E-state index in [1.165, 1.54) is 12.1 Å². The largest absolute Gasteiger partial charge is 0.496 e. The number of fused-ring (bicyclic) bond motifs is 1. The molecule has 6 heteroatoms. The lowest BCUT2D eigenvalue weighted by Crippen LogP contribution is -2.33. The molecule has 0 spiro atoms. The minimum Gasteiger partial charge on any atom is -0.496 e. The molecule has 1 heterocycles. The highest BCUT2D eigenvalue weighted by Crippen LogP contribution is 2.25. The van der Waals surface area contributed by atoms with Gasteiger partial charge >= 0.3 is 5.97 Å². The molecule has 0 radical (unpaired) electrons. The third kappa shape index (κ3) is 3.44. The summed E-state index contributed by atoms with van der Waals surface area (Å²) in [5, 5.41) is 0.544. The SMILES string of the molecule is COc1ccccc1CC(C)CC(=O)ON1C(=O)c2ccccc2C1=O. The highest BCUT2D eigenvalue weighted by Gasteiger charge is 2.38. The third-order valence-electron chi connectivity index (χ3n) is 4.23. The van der Waals surface area contributed by atoms with Crippen molar-refractivity contribution in [2.75, 3.05) is 7.11 Å². The average Bonchev–Trinajstić information content (AvgIpc) is 2.87. The first kappa shape index (κ1) is 17.7. The van der Waals surface area contributed by atoms with Crippen LogP contribution in [0.25, 0.3) is 0 Å². The van der Waals surface area contributed by atoms with Crippen LogP contribution in [0.4, 0.5) is 0 Å². The fourth-order valence-electron chi connectivity index (χ4n) is 2.99. The molecule has 1 unspecified atom stereocenters. The second-order valence-corrected chi connectivity index (χ2v) is 6.24. The second kappa shape index (κ2) is 7.39. The number of carbonyl (C=O) groups is 3. The van der Waals surface area contributed by atoms with E-state index in [4.69, 9.17) is 9.57 Å². The first-order valence-electron chi connectivity index (χ1n) is 8.31. The number of imide groups is 1. The van der Waals surface area contributed by atoms with Crippen LogP contribution in [0, 0.1) is 5.92 Å². The van der Waals surface area contributed by atoms with E-state index in [9.17, 15) is 14.4 Å². The first-order valence-corrected chi connectivity index (χ1v) is 8.31. The van der Waals surface area contributed by atoms with Crippen LogP contribution < -0.4 is 4.74 Å². The Morgan fingerprint density at radius 2 is 1.58 bits per heavy atom. The Labute approximate surface area is 151 Å². The summed E-state index contributed by atoms with van der Waals surface area (Å²) in [4.78, 5) is 41.7. The van der Waals surface area contributed by atoms with Gasteiger partial charge in [0.2, 0.25) is 0 Å². The molecule has 3 rings (SSSR count). The number of nitrogens with zero attached hydrogens (tertiary/aromatic N) is 1. The predicted octanol–water partition coefficient (Wildman–Crippen LogP) is 3.02. The fraction of sp³-hybridized carbons (Fsp3) is 0.250. The number of benzene rings is 2. The van der Waals surface area contributed by atoms with Gasteiger partial charge in [-0.1, -0.05) is 42.3 Å². The van der Waals surface area contributed by atoms with E-state index in [2.05, 4.69) is 0 Å². The molecule has 2 amide bonds. The molecule has 134 valence electrons. The Balaban J connectivity index is 1.61. The number of para-hydroxylation sites is 1. The van der Waals surface area contributed by atoms with E-state index in [1.807, 2.05) is 31.2 Å². The van der Waals surface area contributed by atoms with Crippen molar-refractivity contribution in [1.82, 2.24) is 5.06 Å². The highest BCUT2D eigenvalue weighted by atomic mass is 16.7.